The average molecular weight is 258 g/mol. The number of anilines is 1. The van der Waals surface area contributed by atoms with Gasteiger partial charge in [-0.2, -0.15) is 4.39 Å². The maximum atomic E-state index is 13.6. The highest BCUT2D eigenvalue weighted by Gasteiger charge is 2.13. The van der Waals surface area contributed by atoms with E-state index in [-0.39, 0.29) is 11.3 Å². The third-order valence-corrected chi connectivity index (χ3v) is 2.76. The van der Waals surface area contributed by atoms with Gasteiger partial charge < -0.3 is 5.73 Å². The molecule has 0 aliphatic rings. The van der Waals surface area contributed by atoms with E-state index in [1.807, 2.05) is 12.1 Å². The summed E-state index contributed by atoms with van der Waals surface area (Å²) in [4.78, 5) is 12.0. The fraction of sp³-hybridized carbons (Fsp3) is 0.167. The first kappa shape index (κ1) is 11.5. The zero-order chi connectivity index (χ0) is 13.2. The molecule has 0 saturated carbocycles. The van der Waals surface area contributed by atoms with Gasteiger partial charge in [0.25, 0.3) is 5.95 Å². The number of aromatic nitrogens is 5. The number of nitrogens with two attached hydrogens (primary N) is 1. The summed E-state index contributed by atoms with van der Waals surface area (Å²) >= 11 is 0. The Morgan fingerprint density at radius 1 is 1.32 bits per heavy atom. The van der Waals surface area contributed by atoms with Crippen molar-refractivity contribution < 1.29 is 4.39 Å². The second-order valence-corrected chi connectivity index (χ2v) is 4.09. The highest BCUT2D eigenvalue weighted by Crippen LogP contribution is 2.14. The topological polar surface area (TPSA) is 82.5 Å². The number of aryl methyl sites for hydroxylation is 2. The van der Waals surface area contributed by atoms with E-state index in [0.717, 1.165) is 5.56 Å². The maximum Gasteiger partial charge on any atom is 0.260 e. The van der Waals surface area contributed by atoms with Crippen molar-refractivity contribution in [3.8, 4) is 0 Å². The summed E-state index contributed by atoms with van der Waals surface area (Å²) in [7, 11) is 0. The summed E-state index contributed by atoms with van der Waals surface area (Å²) in [5.41, 5.74) is 7.11. The van der Waals surface area contributed by atoms with E-state index in [2.05, 4.69) is 20.1 Å². The van der Waals surface area contributed by atoms with E-state index in [9.17, 15) is 4.39 Å². The molecule has 0 aliphatic carbocycles. The summed E-state index contributed by atoms with van der Waals surface area (Å²) in [6.07, 6.45) is 5.47. The van der Waals surface area contributed by atoms with Gasteiger partial charge in [0, 0.05) is 18.9 Å². The number of fused-ring (bicyclic) bond motifs is 1. The van der Waals surface area contributed by atoms with Crippen molar-refractivity contribution in [1.29, 1.82) is 0 Å². The van der Waals surface area contributed by atoms with Gasteiger partial charge in [0.15, 0.2) is 11.2 Å². The Labute approximate surface area is 108 Å². The minimum Gasteiger partial charge on any atom is -0.382 e. The Morgan fingerprint density at radius 3 is 3.00 bits per heavy atom. The summed E-state index contributed by atoms with van der Waals surface area (Å²) in [5.74, 6) is -0.385. The molecule has 0 unspecified atom stereocenters. The first-order valence-corrected chi connectivity index (χ1v) is 5.77. The number of nitrogen functional groups attached to an aromatic ring is 1. The average Bonchev–Trinajstić information content (AvgIpc) is 2.74. The molecule has 0 spiro atoms. The van der Waals surface area contributed by atoms with Crippen molar-refractivity contribution in [2.75, 3.05) is 5.73 Å². The van der Waals surface area contributed by atoms with Crippen molar-refractivity contribution >= 4 is 17.0 Å². The van der Waals surface area contributed by atoms with E-state index in [4.69, 9.17) is 5.73 Å². The Balaban J connectivity index is 1.91. The minimum atomic E-state index is -0.631. The van der Waals surface area contributed by atoms with Gasteiger partial charge in [-0.15, -0.1) is 5.10 Å². The molecule has 3 aromatic heterocycles. The maximum absolute atomic E-state index is 13.6. The SMILES string of the molecule is Nc1cnc2c(F)nn(CCc3cccnc3)c2n1. The van der Waals surface area contributed by atoms with Gasteiger partial charge in [0.1, 0.15) is 5.82 Å². The Bertz CT molecular complexity index is 709. The third-order valence-electron chi connectivity index (χ3n) is 2.76. The van der Waals surface area contributed by atoms with Crippen LogP contribution < -0.4 is 5.73 Å². The van der Waals surface area contributed by atoms with E-state index in [1.165, 1.54) is 10.9 Å². The van der Waals surface area contributed by atoms with Crippen molar-refractivity contribution in [2.24, 2.45) is 0 Å². The number of hydrogen-bond donors (Lipinski definition) is 1. The predicted molar refractivity (Wildman–Crippen MR) is 67.6 cm³/mol. The van der Waals surface area contributed by atoms with Crippen LogP contribution in [0.25, 0.3) is 11.2 Å². The van der Waals surface area contributed by atoms with Gasteiger partial charge in [-0.05, 0) is 18.1 Å². The summed E-state index contributed by atoms with van der Waals surface area (Å²) in [6, 6.07) is 3.81. The van der Waals surface area contributed by atoms with Crippen LogP contribution in [0.15, 0.2) is 30.7 Å². The Morgan fingerprint density at radius 2 is 2.21 bits per heavy atom. The van der Waals surface area contributed by atoms with Crippen LogP contribution in [0.5, 0.6) is 0 Å². The van der Waals surface area contributed by atoms with Crippen molar-refractivity contribution in [2.45, 2.75) is 13.0 Å². The number of nitrogens with zero attached hydrogens (tertiary/aromatic N) is 5. The molecule has 6 nitrogen and oxygen atoms in total. The van der Waals surface area contributed by atoms with Gasteiger partial charge in [0.05, 0.1) is 6.20 Å². The molecule has 0 bridgehead atoms. The lowest BCUT2D eigenvalue weighted by Crippen LogP contribution is -2.05. The lowest BCUT2D eigenvalue weighted by atomic mass is 10.2. The van der Waals surface area contributed by atoms with Gasteiger partial charge >= 0.3 is 0 Å². The molecule has 0 aliphatic heterocycles. The van der Waals surface area contributed by atoms with E-state index < -0.39 is 5.95 Å². The normalized spacial score (nSPS) is 11.0. The van der Waals surface area contributed by atoms with E-state index in [1.54, 1.807) is 12.4 Å². The molecule has 0 amide bonds. The van der Waals surface area contributed by atoms with Crippen LogP contribution in [-0.2, 0) is 13.0 Å². The molecule has 3 heterocycles. The zero-order valence-electron chi connectivity index (χ0n) is 9.99. The number of pyridine rings is 1. The van der Waals surface area contributed by atoms with Crippen molar-refractivity contribution in [1.82, 2.24) is 24.7 Å². The van der Waals surface area contributed by atoms with E-state index >= 15 is 0 Å². The van der Waals surface area contributed by atoms with E-state index in [0.29, 0.717) is 18.6 Å². The van der Waals surface area contributed by atoms with Gasteiger partial charge in [-0.1, -0.05) is 6.07 Å². The molecule has 96 valence electrons. The van der Waals surface area contributed by atoms with Crippen LogP contribution in [0.3, 0.4) is 0 Å². The molecule has 19 heavy (non-hydrogen) atoms. The van der Waals surface area contributed by atoms with Crippen LogP contribution in [0.4, 0.5) is 10.2 Å². The molecule has 0 aromatic carbocycles. The number of halogens is 1. The Hall–Kier alpha value is -2.57. The quantitative estimate of drug-likeness (QED) is 0.762. The van der Waals surface area contributed by atoms with Crippen LogP contribution in [0.2, 0.25) is 0 Å². The smallest absolute Gasteiger partial charge is 0.260 e. The monoisotopic (exact) mass is 258 g/mol. The predicted octanol–water partition coefficient (Wildman–Crippen LogP) is 1.19. The summed E-state index contributed by atoms with van der Waals surface area (Å²) in [5, 5.41) is 3.79. The molecule has 3 aromatic rings. The molecule has 0 radical (unpaired) electrons. The highest BCUT2D eigenvalue weighted by molar-refractivity contribution is 5.71. The highest BCUT2D eigenvalue weighted by atomic mass is 19.1. The van der Waals surface area contributed by atoms with Crippen molar-refractivity contribution in [3.63, 3.8) is 0 Å². The minimum absolute atomic E-state index is 0.139. The molecule has 0 atom stereocenters. The lowest BCUT2D eigenvalue weighted by Gasteiger charge is -2.02. The lowest BCUT2D eigenvalue weighted by molar-refractivity contribution is 0.529. The molecule has 2 N–H and O–H groups in total. The molecule has 0 saturated heterocycles. The van der Waals surface area contributed by atoms with Crippen LogP contribution in [0, 0.1) is 5.95 Å². The molecule has 0 fully saturated rings. The molecular weight excluding hydrogens is 247 g/mol. The second-order valence-electron chi connectivity index (χ2n) is 4.09. The van der Waals surface area contributed by atoms with Gasteiger partial charge in [-0.25, -0.2) is 14.6 Å². The largest absolute Gasteiger partial charge is 0.382 e. The fourth-order valence-corrected chi connectivity index (χ4v) is 1.86. The van der Waals surface area contributed by atoms with Gasteiger partial charge in [-0.3, -0.25) is 4.98 Å². The summed E-state index contributed by atoms with van der Waals surface area (Å²) < 4.78 is 15.0. The molecule has 7 heteroatoms. The first-order chi connectivity index (χ1) is 9.24. The number of hydrogen-bond acceptors (Lipinski definition) is 5. The van der Waals surface area contributed by atoms with Crippen LogP contribution in [0.1, 0.15) is 5.56 Å². The van der Waals surface area contributed by atoms with Gasteiger partial charge in [0.2, 0.25) is 0 Å². The third kappa shape index (κ3) is 2.22. The van der Waals surface area contributed by atoms with Crippen molar-refractivity contribution in [3.05, 3.63) is 42.2 Å². The van der Waals surface area contributed by atoms with Crippen LogP contribution >= 0.6 is 0 Å². The van der Waals surface area contributed by atoms with Crippen LogP contribution in [-0.4, -0.2) is 24.7 Å². The molecular formula is C12H11FN6. The summed E-state index contributed by atoms with van der Waals surface area (Å²) in [6.45, 7) is 0.490. The molecule has 3 rings (SSSR count). The first-order valence-electron chi connectivity index (χ1n) is 5.77. The zero-order valence-corrected chi connectivity index (χ0v) is 9.99. The second kappa shape index (κ2) is 4.60. The number of rotatable bonds is 3. The Kier molecular flexibility index (Phi) is 2.79. The fourth-order valence-electron chi connectivity index (χ4n) is 1.86. The standard InChI is InChI=1S/C12H11FN6/c13-11-10-12(17-9(14)7-16-10)19(18-11)5-3-8-2-1-4-15-6-8/h1-2,4,6-7H,3,5H2,(H2,14,17).